The van der Waals surface area contributed by atoms with Crippen molar-refractivity contribution in [2.24, 2.45) is 5.92 Å². The van der Waals surface area contributed by atoms with Gasteiger partial charge in [0.15, 0.2) is 5.13 Å². The molecule has 2 heterocycles. The maximum atomic E-state index is 12.6. The molecule has 2 fully saturated rings. The number of methoxy groups -OCH3 is 1. The van der Waals surface area contributed by atoms with Crippen LogP contribution in [0.4, 0.5) is 5.13 Å². The predicted octanol–water partition coefficient (Wildman–Crippen LogP) is 3.68. The Morgan fingerprint density at radius 1 is 1.32 bits per heavy atom. The number of nitrogens with one attached hydrogen (secondary N) is 2. The number of thiazole rings is 1. The number of ether oxygens (including phenoxy) is 1. The first-order valence-corrected chi connectivity index (χ1v) is 9.78. The minimum Gasteiger partial charge on any atom is -0.496 e. The number of rotatable bonds is 4. The summed E-state index contributed by atoms with van der Waals surface area (Å²) in [7, 11) is 1.65. The van der Waals surface area contributed by atoms with E-state index >= 15 is 0 Å². The molecule has 5 nitrogen and oxygen atoms in total. The van der Waals surface area contributed by atoms with Crippen molar-refractivity contribution in [2.75, 3.05) is 12.4 Å². The third-order valence-corrected chi connectivity index (χ3v) is 6.05. The zero-order valence-electron chi connectivity index (χ0n) is 14.3. The predicted molar refractivity (Wildman–Crippen MR) is 100 cm³/mol. The van der Waals surface area contributed by atoms with Crippen molar-refractivity contribution in [3.05, 3.63) is 29.6 Å². The molecular weight excluding hydrogens is 334 g/mol. The Hall–Kier alpha value is -1.92. The molecule has 0 radical (unpaired) electrons. The number of carbonyl (C=O) groups is 1. The highest BCUT2D eigenvalue weighted by molar-refractivity contribution is 7.14. The van der Waals surface area contributed by atoms with Gasteiger partial charge in [0.1, 0.15) is 5.75 Å². The van der Waals surface area contributed by atoms with Crippen LogP contribution < -0.4 is 15.4 Å². The van der Waals surface area contributed by atoms with Gasteiger partial charge in [0.2, 0.25) is 5.91 Å². The summed E-state index contributed by atoms with van der Waals surface area (Å²) in [6, 6.07) is 8.21. The van der Waals surface area contributed by atoms with Crippen LogP contribution in [-0.2, 0) is 4.79 Å². The fourth-order valence-corrected chi connectivity index (χ4v) is 4.74. The summed E-state index contributed by atoms with van der Waals surface area (Å²) in [5, 5.41) is 9.10. The van der Waals surface area contributed by atoms with Gasteiger partial charge in [-0.2, -0.15) is 0 Å². The first kappa shape index (κ1) is 16.5. The third kappa shape index (κ3) is 3.41. The smallest absolute Gasteiger partial charge is 0.243 e. The van der Waals surface area contributed by atoms with Crippen LogP contribution in [0.25, 0.3) is 11.3 Å². The number of para-hydroxylation sites is 1. The fourth-order valence-electron chi connectivity index (χ4n) is 4.02. The molecule has 132 valence electrons. The molecule has 4 rings (SSSR count). The summed E-state index contributed by atoms with van der Waals surface area (Å²) in [5.74, 6) is 1.48. The van der Waals surface area contributed by atoms with E-state index in [2.05, 4.69) is 15.6 Å². The highest BCUT2D eigenvalue weighted by Gasteiger charge is 2.38. The van der Waals surface area contributed by atoms with Crippen molar-refractivity contribution in [3.8, 4) is 17.0 Å². The van der Waals surface area contributed by atoms with Crippen molar-refractivity contribution in [1.29, 1.82) is 0 Å². The second kappa shape index (κ2) is 7.14. The van der Waals surface area contributed by atoms with E-state index in [1.165, 1.54) is 37.0 Å². The summed E-state index contributed by atoms with van der Waals surface area (Å²) < 4.78 is 5.39. The highest BCUT2D eigenvalue weighted by Crippen LogP contribution is 2.34. The van der Waals surface area contributed by atoms with Crippen LogP contribution >= 0.6 is 11.3 Å². The molecule has 1 aromatic carbocycles. The molecule has 1 aliphatic carbocycles. The maximum Gasteiger partial charge on any atom is 0.243 e. The Labute approximate surface area is 151 Å². The number of hydrogen-bond acceptors (Lipinski definition) is 5. The summed E-state index contributed by atoms with van der Waals surface area (Å²) in [6.07, 6.45) is 5.96. The first-order valence-electron chi connectivity index (χ1n) is 8.90. The van der Waals surface area contributed by atoms with Crippen LogP contribution in [-0.4, -0.2) is 30.1 Å². The molecule has 2 N–H and O–H groups in total. The van der Waals surface area contributed by atoms with E-state index in [0.29, 0.717) is 17.1 Å². The zero-order valence-corrected chi connectivity index (χ0v) is 15.1. The van der Waals surface area contributed by atoms with Gasteiger partial charge in [0, 0.05) is 17.0 Å². The molecule has 25 heavy (non-hydrogen) atoms. The third-order valence-electron chi connectivity index (χ3n) is 5.30. The van der Waals surface area contributed by atoms with E-state index in [4.69, 9.17) is 4.74 Å². The van der Waals surface area contributed by atoms with E-state index in [1.54, 1.807) is 7.11 Å². The number of fused-ring (bicyclic) bond motifs is 1. The van der Waals surface area contributed by atoms with Gasteiger partial charge in [-0.15, -0.1) is 11.3 Å². The van der Waals surface area contributed by atoms with Crippen LogP contribution in [0.3, 0.4) is 0 Å². The van der Waals surface area contributed by atoms with Gasteiger partial charge in [-0.25, -0.2) is 4.98 Å². The summed E-state index contributed by atoms with van der Waals surface area (Å²) in [4.78, 5) is 17.2. The zero-order chi connectivity index (χ0) is 17.2. The van der Waals surface area contributed by atoms with Crippen LogP contribution in [0.5, 0.6) is 5.75 Å². The van der Waals surface area contributed by atoms with Gasteiger partial charge in [-0.1, -0.05) is 25.0 Å². The molecule has 1 amide bonds. The van der Waals surface area contributed by atoms with Crippen LogP contribution in [0, 0.1) is 5.92 Å². The Morgan fingerprint density at radius 2 is 2.16 bits per heavy atom. The standard InChI is InChI=1S/C19H23N3O2S/c1-24-17-9-5-3-7-13(17)16-11-25-19(21-16)22-18(23)15-10-12-6-2-4-8-14(12)20-15/h3,5,7,9,11-12,14-15,20H,2,4,6,8,10H2,1H3,(H,21,22,23). The number of hydrogen-bond donors (Lipinski definition) is 2. The molecular formula is C19H23N3O2S. The lowest BCUT2D eigenvalue weighted by molar-refractivity contribution is -0.117. The largest absolute Gasteiger partial charge is 0.496 e. The van der Waals surface area contributed by atoms with Crippen LogP contribution in [0.15, 0.2) is 29.6 Å². The molecule has 0 spiro atoms. The van der Waals surface area contributed by atoms with Crippen LogP contribution in [0.1, 0.15) is 32.1 Å². The number of nitrogens with zero attached hydrogens (tertiary/aromatic N) is 1. The Bertz CT molecular complexity index is 747. The van der Waals surface area contributed by atoms with E-state index in [1.807, 2.05) is 29.6 Å². The minimum absolute atomic E-state index is 0.0373. The van der Waals surface area contributed by atoms with Gasteiger partial charge in [0.05, 0.1) is 18.8 Å². The molecule has 3 atom stereocenters. The average molecular weight is 357 g/mol. The van der Waals surface area contributed by atoms with E-state index in [0.717, 1.165) is 23.4 Å². The molecule has 1 saturated carbocycles. The van der Waals surface area contributed by atoms with Gasteiger partial charge < -0.3 is 15.4 Å². The van der Waals surface area contributed by atoms with Crippen molar-refractivity contribution in [3.63, 3.8) is 0 Å². The van der Waals surface area contributed by atoms with Gasteiger partial charge in [0.25, 0.3) is 0 Å². The molecule has 1 aromatic heterocycles. The van der Waals surface area contributed by atoms with Crippen molar-refractivity contribution in [1.82, 2.24) is 10.3 Å². The van der Waals surface area contributed by atoms with Gasteiger partial charge in [-0.05, 0) is 37.3 Å². The van der Waals surface area contributed by atoms with Crippen LogP contribution in [0.2, 0.25) is 0 Å². The molecule has 2 aliphatic rings. The monoisotopic (exact) mass is 357 g/mol. The second-order valence-corrected chi connectivity index (χ2v) is 7.69. The molecule has 3 unspecified atom stereocenters. The molecule has 2 aromatic rings. The SMILES string of the molecule is COc1ccccc1-c1csc(NC(=O)C2CC3CCCCC3N2)n1. The lowest BCUT2D eigenvalue weighted by Crippen LogP contribution is -2.39. The Morgan fingerprint density at radius 3 is 3.00 bits per heavy atom. The van der Waals surface area contributed by atoms with E-state index < -0.39 is 0 Å². The van der Waals surface area contributed by atoms with Crippen molar-refractivity contribution in [2.45, 2.75) is 44.2 Å². The van der Waals surface area contributed by atoms with Gasteiger partial charge >= 0.3 is 0 Å². The molecule has 6 heteroatoms. The normalized spacial score (nSPS) is 25.4. The van der Waals surface area contributed by atoms with Gasteiger partial charge in [-0.3, -0.25) is 4.79 Å². The number of benzene rings is 1. The van der Waals surface area contributed by atoms with Crippen molar-refractivity contribution >= 4 is 22.4 Å². The fraction of sp³-hybridized carbons (Fsp3) is 0.474. The summed E-state index contributed by atoms with van der Waals surface area (Å²) >= 11 is 1.45. The average Bonchev–Trinajstić information content (AvgIpc) is 3.28. The quantitative estimate of drug-likeness (QED) is 0.876. The van der Waals surface area contributed by atoms with E-state index in [9.17, 15) is 4.79 Å². The number of amides is 1. The summed E-state index contributed by atoms with van der Waals surface area (Å²) in [6.45, 7) is 0. The maximum absolute atomic E-state index is 12.6. The van der Waals surface area contributed by atoms with Crippen molar-refractivity contribution < 1.29 is 9.53 Å². The molecule has 1 saturated heterocycles. The summed E-state index contributed by atoms with van der Waals surface area (Å²) in [5.41, 5.74) is 1.76. The number of aromatic nitrogens is 1. The topological polar surface area (TPSA) is 63.2 Å². The van der Waals surface area contributed by atoms with E-state index in [-0.39, 0.29) is 11.9 Å². The second-order valence-electron chi connectivity index (χ2n) is 6.83. The minimum atomic E-state index is -0.0910. The molecule has 1 aliphatic heterocycles. The lowest BCUT2D eigenvalue weighted by Gasteiger charge is -2.24. The molecule has 0 bridgehead atoms. The lowest BCUT2D eigenvalue weighted by atomic mass is 9.85. The Kier molecular flexibility index (Phi) is 4.72. The highest BCUT2D eigenvalue weighted by atomic mass is 32.1. The Balaban J connectivity index is 1.43. The number of anilines is 1. The number of carbonyl (C=O) groups excluding carboxylic acids is 1. The first-order chi connectivity index (χ1) is 12.2.